The van der Waals surface area contributed by atoms with Gasteiger partial charge in [-0.3, -0.25) is 14.9 Å². The molecule has 1 saturated heterocycles. The van der Waals surface area contributed by atoms with Crippen molar-refractivity contribution >= 4 is 11.7 Å². The molecule has 1 fully saturated rings. The third-order valence-corrected chi connectivity index (χ3v) is 4.39. The number of hydrogen-bond acceptors (Lipinski definition) is 6. The summed E-state index contributed by atoms with van der Waals surface area (Å²) in [6.45, 7) is 5.50. The summed E-state index contributed by atoms with van der Waals surface area (Å²) in [7, 11) is 0. The van der Waals surface area contributed by atoms with Crippen molar-refractivity contribution in [2.45, 2.75) is 39.2 Å². The predicted molar refractivity (Wildman–Crippen MR) is 89.3 cm³/mol. The van der Waals surface area contributed by atoms with Crippen LogP contribution in [0.4, 0.5) is 5.82 Å². The van der Waals surface area contributed by atoms with Crippen molar-refractivity contribution in [2.24, 2.45) is 5.92 Å². The number of carbonyl (C=O) groups excluding carboxylic acids is 1. The van der Waals surface area contributed by atoms with E-state index in [1.165, 1.54) is 0 Å². The van der Waals surface area contributed by atoms with Crippen LogP contribution in [0.1, 0.15) is 43.9 Å². The fraction of sp³-hybridized carbons (Fsp3) is 0.562. The van der Waals surface area contributed by atoms with Crippen molar-refractivity contribution in [3.63, 3.8) is 0 Å². The van der Waals surface area contributed by atoms with E-state index in [-0.39, 0.29) is 17.9 Å². The van der Waals surface area contributed by atoms with E-state index in [9.17, 15) is 4.79 Å². The van der Waals surface area contributed by atoms with Crippen LogP contribution in [0.25, 0.3) is 0 Å². The summed E-state index contributed by atoms with van der Waals surface area (Å²) in [5.74, 6) is 2.39. The van der Waals surface area contributed by atoms with Gasteiger partial charge in [0.15, 0.2) is 5.82 Å². The Kier molecular flexibility index (Phi) is 5.02. The molecule has 8 nitrogen and oxygen atoms in total. The van der Waals surface area contributed by atoms with Gasteiger partial charge >= 0.3 is 0 Å². The Morgan fingerprint density at radius 1 is 1.42 bits per heavy atom. The van der Waals surface area contributed by atoms with Crippen molar-refractivity contribution in [2.75, 3.05) is 18.0 Å². The quantitative estimate of drug-likeness (QED) is 0.860. The van der Waals surface area contributed by atoms with Gasteiger partial charge in [0.05, 0.1) is 12.2 Å². The zero-order valence-corrected chi connectivity index (χ0v) is 14.1. The number of carbonyl (C=O) groups is 1. The van der Waals surface area contributed by atoms with Crippen LogP contribution in [0.3, 0.4) is 0 Å². The summed E-state index contributed by atoms with van der Waals surface area (Å²) in [6, 6.07) is -0.138. The summed E-state index contributed by atoms with van der Waals surface area (Å²) in [5.41, 5.74) is 0. The van der Waals surface area contributed by atoms with E-state index in [4.69, 9.17) is 0 Å². The molecule has 1 atom stereocenters. The maximum atomic E-state index is 12.6. The molecule has 0 aromatic carbocycles. The minimum Gasteiger partial charge on any atom is -0.355 e. The Bertz CT molecular complexity index is 664. The van der Waals surface area contributed by atoms with Crippen LogP contribution in [0.15, 0.2) is 18.6 Å². The molecule has 2 aromatic heterocycles. The molecule has 1 amide bonds. The summed E-state index contributed by atoms with van der Waals surface area (Å²) < 4.78 is 0. The molecule has 24 heavy (non-hydrogen) atoms. The number of aromatic nitrogens is 5. The van der Waals surface area contributed by atoms with Crippen molar-refractivity contribution < 1.29 is 4.79 Å². The standard InChI is InChI=1S/C16H23N7O/c1-3-13(15-19-11(2)21-22-15)20-16(24)12-4-8-23(9-5-12)14-10-17-6-7-18-14/h6-7,10,12-13H,3-5,8-9H2,1-2H3,(H,20,24)(H,19,21,22). The van der Waals surface area contributed by atoms with E-state index in [0.717, 1.165) is 44.0 Å². The zero-order valence-electron chi connectivity index (χ0n) is 14.1. The molecule has 0 saturated carbocycles. The van der Waals surface area contributed by atoms with Gasteiger partial charge in [0.2, 0.25) is 5.91 Å². The molecule has 128 valence electrons. The molecule has 2 N–H and O–H groups in total. The van der Waals surface area contributed by atoms with E-state index in [1.807, 2.05) is 13.8 Å². The minimum absolute atomic E-state index is 0.0204. The molecule has 1 aliphatic rings. The lowest BCUT2D eigenvalue weighted by Gasteiger charge is -2.32. The van der Waals surface area contributed by atoms with E-state index in [1.54, 1.807) is 18.6 Å². The van der Waals surface area contributed by atoms with Gasteiger partial charge in [-0.15, -0.1) is 0 Å². The number of H-pyrrole nitrogens is 1. The second-order valence-electron chi connectivity index (χ2n) is 6.07. The Morgan fingerprint density at radius 2 is 2.21 bits per heavy atom. The molecule has 1 unspecified atom stereocenters. The predicted octanol–water partition coefficient (Wildman–Crippen LogP) is 1.39. The van der Waals surface area contributed by atoms with Gasteiger partial charge in [-0.1, -0.05) is 6.92 Å². The van der Waals surface area contributed by atoms with E-state index in [2.05, 4.69) is 35.4 Å². The highest BCUT2D eigenvalue weighted by atomic mass is 16.2. The fourth-order valence-corrected chi connectivity index (χ4v) is 2.98. The Morgan fingerprint density at radius 3 is 2.79 bits per heavy atom. The van der Waals surface area contributed by atoms with E-state index < -0.39 is 0 Å². The Hall–Kier alpha value is -2.51. The highest BCUT2D eigenvalue weighted by Crippen LogP contribution is 2.22. The number of piperidine rings is 1. The van der Waals surface area contributed by atoms with Crippen molar-refractivity contribution in [1.29, 1.82) is 0 Å². The molecule has 0 aliphatic carbocycles. The number of aromatic amines is 1. The SMILES string of the molecule is CCC(NC(=O)C1CCN(c2cnccn2)CC1)c1n[nH]c(C)n1. The Balaban J connectivity index is 1.55. The monoisotopic (exact) mass is 329 g/mol. The van der Waals surface area contributed by atoms with E-state index in [0.29, 0.717) is 5.82 Å². The Labute approximate surface area is 141 Å². The van der Waals surface area contributed by atoms with Gasteiger partial charge in [-0.05, 0) is 26.2 Å². The van der Waals surface area contributed by atoms with Crippen LogP contribution in [0.2, 0.25) is 0 Å². The lowest BCUT2D eigenvalue weighted by molar-refractivity contribution is -0.126. The van der Waals surface area contributed by atoms with Crippen LogP contribution in [0.5, 0.6) is 0 Å². The molecule has 8 heteroatoms. The van der Waals surface area contributed by atoms with Crippen LogP contribution in [-0.2, 0) is 4.79 Å². The summed E-state index contributed by atoms with van der Waals surface area (Å²) in [5, 5.41) is 10.1. The first kappa shape index (κ1) is 16.4. The molecule has 1 aliphatic heterocycles. The van der Waals surface area contributed by atoms with Crippen LogP contribution in [0, 0.1) is 12.8 Å². The first-order valence-corrected chi connectivity index (χ1v) is 8.37. The lowest BCUT2D eigenvalue weighted by Crippen LogP contribution is -2.42. The molecular formula is C16H23N7O. The highest BCUT2D eigenvalue weighted by Gasteiger charge is 2.28. The lowest BCUT2D eigenvalue weighted by atomic mass is 9.95. The number of nitrogens with one attached hydrogen (secondary N) is 2. The number of nitrogens with zero attached hydrogens (tertiary/aromatic N) is 5. The van der Waals surface area contributed by atoms with Gasteiger partial charge in [0.1, 0.15) is 11.6 Å². The average Bonchev–Trinajstić information content (AvgIpc) is 3.06. The third-order valence-electron chi connectivity index (χ3n) is 4.39. The second-order valence-corrected chi connectivity index (χ2v) is 6.07. The van der Waals surface area contributed by atoms with Gasteiger partial charge in [0.25, 0.3) is 0 Å². The van der Waals surface area contributed by atoms with Crippen LogP contribution < -0.4 is 10.2 Å². The molecule has 3 rings (SSSR count). The molecule has 2 aromatic rings. The normalized spacial score (nSPS) is 16.8. The molecule has 0 spiro atoms. The van der Waals surface area contributed by atoms with Gasteiger partial charge in [0, 0.05) is 31.4 Å². The van der Waals surface area contributed by atoms with Crippen molar-refractivity contribution in [1.82, 2.24) is 30.5 Å². The smallest absolute Gasteiger partial charge is 0.223 e. The maximum absolute atomic E-state index is 12.6. The first-order chi connectivity index (χ1) is 11.7. The van der Waals surface area contributed by atoms with Crippen molar-refractivity contribution in [3.05, 3.63) is 30.2 Å². The van der Waals surface area contributed by atoms with Gasteiger partial charge < -0.3 is 10.2 Å². The van der Waals surface area contributed by atoms with Crippen molar-refractivity contribution in [3.8, 4) is 0 Å². The second kappa shape index (κ2) is 7.37. The number of aryl methyl sites for hydroxylation is 1. The fourth-order valence-electron chi connectivity index (χ4n) is 2.98. The third kappa shape index (κ3) is 3.69. The average molecular weight is 329 g/mol. The largest absolute Gasteiger partial charge is 0.355 e. The highest BCUT2D eigenvalue weighted by molar-refractivity contribution is 5.79. The van der Waals surface area contributed by atoms with Crippen LogP contribution >= 0.6 is 0 Å². The van der Waals surface area contributed by atoms with Crippen LogP contribution in [-0.4, -0.2) is 44.1 Å². The summed E-state index contributed by atoms with van der Waals surface area (Å²) in [6.07, 6.45) is 7.51. The number of anilines is 1. The minimum atomic E-state index is -0.138. The maximum Gasteiger partial charge on any atom is 0.223 e. The molecule has 0 radical (unpaired) electrons. The molecule has 3 heterocycles. The number of amides is 1. The summed E-state index contributed by atoms with van der Waals surface area (Å²) >= 11 is 0. The molecular weight excluding hydrogens is 306 g/mol. The van der Waals surface area contributed by atoms with Gasteiger partial charge in [-0.2, -0.15) is 5.10 Å². The van der Waals surface area contributed by atoms with E-state index >= 15 is 0 Å². The topological polar surface area (TPSA) is 99.7 Å². The number of rotatable bonds is 5. The first-order valence-electron chi connectivity index (χ1n) is 8.37. The van der Waals surface area contributed by atoms with Gasteiger partial charge in [-0.25, -0.2) is 9.97 Å². The summed E-state index contributed by atoms with van der Waals surface area (Å²) in [4.78, 5) is 27.5. The zero-order chi connectivity index (χ0) is 16.9. The number of hydrogen-bond donors (Lipinski definition) is 2. The molecule has 0 bridgehead atoms.